The van der Waals surface area contributed by atoms with Gasteiger partial charge in [0.15, 0.2) is 5.75 Å². The van der Waals surface area contributed by atoms with Crippen LogP contribution in [-0.4, -0.2) is 16.8 Å². The highest BCUT2D eigenvalue weighted by Gasteiger charge is 2.20. The molecule has 0 unspecified atom stereocenters. The number of rotatable bonds is 1. The molecule has 0 spiro atoms. The maximum atomic E-state index is 11.4. The largest absolute Gasteiger partial charge is 0.488 e. The number of H-pyrrole nitrogens is 1. The SMILES string of the molecule is CC(C)c1n[nH]c(=O)c2c1CCCO2. The Balaban J connectivity index is 2.59. The van der Waals surface area contributed by atoms with Gasteiger partial charge in [-0.25, -0.2) is 5.10 Å². The average Bonchev–Trinajstić information content (AvgIpc) is 2.18. The summed E-state index contributed by atoms with van der Waals surface area (Å²) in [6, 6.07) is 0. The lowest BCUT2D eigenvalue weighted by Gasteiger charge is -2.19. The number of aromatic amines is 1. The molecule has 1 aromatic heterocycles. The lowest BCUT2D eigenvalue weighted by molar-refractivity contribution is 0.280. The van der Waals surface area contributed by atoms with Crippen LogP contribution in [0.25, 0.3) is 0 Å². The normalized spacial score (nSPS) is 15.1. The highest BCUT2D eigenvalue weighted by atomic mass is 16.5. The summed E-state index contributed by atoms with van der Waals surface area (Å²) in [5.74, 6) is 0.803. The number of hydrogen-bond donors (Lipinski definition) is 1. The quantitative estimate of drug-likeness (QED) is 0.731. The standard InChI is InChI=1S/C10H14N2O2/c1-6(2)8-7-4-3-5-14-9(7)10(13)12-11-8/h6H,3-5H2,1-2H3,(H,12,13). The number of hydrogen-bond acceptors (Lipinski definition) is 3. The summed E-state index contributed by atoms with van der Waals surface area (Å²) in [6.07, 6.45) is 1.87. The van der Waals surface area contributed by atoms with Crippen LogP contribution < -0.4 is 10.3 Å². The summed E-state index contributed by atoms with van der Waals surface area (Å²) in [5, 5.41) is 6.55. The molecule has 0 saturated carbocycles. The minimum absolute atomic E-state index is 0.205. The van der Waals surface area contributed by atoms with Gasteiger partial charge in [0.2, 0.25) is 0 Å². The molecule has 1 aliphatic heterocycles. The highest BCUT2D eigenvalue weighted by Crippen LogP contribution is 2.26. The van der Waals surface area contributed by atoms with E-state index in [1.54, 1.807) is 0 Å². The van der Waals surface area contributed by atoms with Crippen molar-refractivity contribution >= 4 is 0 Å². The van der Waals surface area contributed by atoms with E-state index in [1.807, 2.05) is 0 Å². The molecule has 14 heavy (non-hydrogen) atoms. The number of nitrogens with zero attached hydrogens (tertiary/aromatic N) is 1. The Bertz CT molecular complexity index is 396. The second kappa shape index (κ2) is 3.44. The molecule has 1 aromatic rings. The molecule has 0 saturated heterocycles. The van der Waals surface area contributed by atoms with E-state index >= 15 is 0 Å². The van der Waals surface area contributed by atoms with Gasteiger partial charge in [0.1, 0.15) is 0 Å². The Morgan fingerprint density at radius 1 is 1.50 bits per heavy atom. The molecular weight excluding hydrogens is 180 g/mol. The van der Waals surface area contributed by atoms with Gasteiger partial charge in [-0.1, -0.05) is 13.8 Å². The summed E-state index contributed by atoms with van der Waals surface area (Å²) in [6.45, 7) is 4.77. The fourth-order valence-electron chi connectivity index (χ4n) is 1.78. The molecule has 0 aromatic carbocycles. The van der Waals surface area contributed by atoms with E-state index in [1.165, 1.54) is 0 Å². The number of aromatic nitrogens is 2. The molecule has 1 aliphatic rings. The molecular formula is C10H14N2O2. The Morgan fingerprint density at radius 2 is 2.29 bits per heavy atom. The van der Waals surface area contributed by atoms with E-state index in [0.717, 1.165) is 24.1 Å². The third kappa shape index (κ3) is 1.41. The van der Waals surface area contributed by atoms with E-state index in [-0.39, 0.29) is 5.56 Å². The topological polar surface area (TPSA) is 55.0 Å². The van der Waals surface area contributed by atoms with Crippen molar-refractivity contribution in [3.8, 4) is 5.75 Å². The van der Waals surface area contributed by atoms with Crippen LogP contribution in [0.3, 0.4) is 0 Å². The van der Waals surface area contributed by atoms with Crippen molar-refractivity contribution in [1.82, 2.24) is 10.2 Å². The number of ether oxygens (including phenoxy) is 1. The van der Waals surface area contributed by atoms with Crippen LogP contribution >= 0.6 is 0 Å². The molecule has 76 valence electrons. The van der Waals surface area contributed by atoms with Gasteiger partial charge < -0.3 is 4.74 Å². The second-order valence-electron chi connectivity index (χ2n) is 3.85. The molecule has 0 fully saturated rings. The van der Waals surface area contributed by atoms with Gasteiger partial charge in [0.05, 0.1) is 12.3 Å². The summed E-state index contributed by atoms with van der Waals surface area (Å²) >= 11 is 0. The van der Waals surface area contributed by atoms with Gasteiger partial charge in [-0.3, -0.25) is 4.79 Å². The van der Waals surface area contributed by atoms with Crippen LogP contribution in [-0.2, 0) is 6.42 Å². The van der Waals surface area contributed by atoms with E-state index in [4.69, 9.17) is 4.74 Å². The smallest absolute Gasteiger partial charge is 0.306 e. The average molecular weight is 194 g/mol. The van der Waals surface area contributed by atoms with Gasteiger partial charge in [-0.05, 0) is 18.8 Å². The van der Waals surface area contributed by atoms with Gasteiger partial charge in [-0.2, -0.15) is 5.10 Å². The van der Waals surface area contributed by atoms with Gasteiger partial charge in [0, 0.05) is 5.56 Å². The van der Waals surface area contributed by atoms with Crippen molar-refractivity contribution in [2.75, 3.05) is 6.61 Å². The monoisotopic (exact) mass is 194 g/mol. The molecule has 0 amide bonds. The maximum Gasteiger partial charge on any atom is 0.306 e. The predicted octanol–water partition coefficient (Wildman–Crippen LogP) is 1.22. The van der Waals surface area contributed by atoms with Crippen molar-refractivity contribution in [3.05, 3.63) is 21.6 Å². The molecule has 4 heteroatoms. The first-order valence-electron chi connectivity index (χ1n) is 4.94. The lowest BCUT2D eigenvalue weighted by atomic mass is 9.99. The first-order valence-corrected chi connectivity index (χ1v) is 4.94. The minimum Gasteiger partial charge on any atom is -0.488 e. The molecule has 0 radical (unpaired) electrons. The van der Waals surface area contributed by atoms with Gasteiger partial charge in [-0.15, -0.1) is 0 Å². The first-order chi connectivity index (χ1) is 6.70. The van der Waals surface area contributed by atoms with Crippen LogP contribution in [0.5, 0.6) is 5.75 Å². The van der Waals surface area contributed by atoms with E-state index in [9.17, 15) is 4.79 Å². The fraction of sp³-hybridized carbons (Fsp3) is 0.600. The van der Waals surface area contributed by atoms with Crippen molar-refractivity contribution in [2.24, 2.45) is 0 Å². The Hall–Kier alpha value is -1.32. The summed E-state index contributed by atoms with van der Waals surface area (Å²) in [4.78, 5) is 11.4. The third-order valence-electron chi connectivity index (χ3n) is 2.43. The zero-order valence-corrected chi connectivity index (χ0v) is 8.46. The minimum atomic E-state index is -0.205. The van der Waals surface area contributed by atoms with Crippen LogP contribution in [0.4, 0.5) is 0 Å². The maximum absolute atomic E-state index is 11.4. The van der Waals surface area contributed by atoms with Crippen molar-refractivity contribution in [1.29, 1.82) is 0 Å². The molecule has 0 atom stereocenters. The van der Waals surface area contributed by atoms with Crippen molar-refractivity contribution < 1.29 is 4.74 Å². The second-order valence-corrected chi connectivity index (χ2v) is 3.85. The molecule has 4 nitrogen and oxygen atoms in total. The molecule has 2 heterocycles. The van der Waals surface area contributed by atoms with Gasteiger partial charge in [0.25, 0.3) is 0 Å². The van der Waals surface area contributed by atoms with Crippen LogP contribution in [0.15, 0.2) is 4.79 Å². The van der Waals surface area contributed by atoms with Crippen molar-refractivity contribution in [3.63, 3.8) is 0 Å². The summed E-state index contributed by atoms with van der Waals surface area (Å²) < 4.78 is 5.36. The third-order valence-corrected chi connectivity index (χ3v) is 2.43. The molecule has 0 bridgehead atoms. The van der Waals surface area contributed by atoms with E-state index in [0.29, 0.717) is 18.3 Å². The fourth-order valence-corrected chi connectivity index (χ4v) is 1.78. The molecule has 0 aliphatic carbocycles. The van der Waals surface area contributed by atoms with E-state index < -0.39 is 0 Å². The Kier molecular flexibility index (Phi) is 2.27. The molecule has 2 rings (SSSR count). The van der Waals surface area contributed by atoms with E-state index in [2.05, 4.69) is 24.0 Å². The zero-order valence-electron chi connectivity index (χ0n) is 8.46. The number of fused-ring (bicyclic) bond motifs is 1. The lowest BCUT2D eigenvalue weighted by Crippen LogP contribution is -2.23. The Labute approximate surface area is 82.3 Å². The Morgan fingerprint density at radius 3 is 3.00 bits per heavy atom. The first kappa shape index (κ1) is 9.24. The predicted molar refractivity (Wildman–Crippen MR) is 52.8 cm³/mol. The van der Waals surface area contributed by atoms with Crippen LogP contribution in [0, 0.1) is 0 Å². The van der Waals surface area contributed by atoms with Crippen molar-refractivity contribution in [2.45, 2.75) is 32.6 Å². The summed E-state index contributed by atoms with van der Waals surface area (Å²) in [7, 11) is 0. The van der Waals surface area contributed by atoms with Crippen LogP contribution in [0.1, 0.15) is 37.4 Å². The van der Waals surface area contributed by atoms with Gasteiger partial charge >= 0.3 is 5.56 Å². The van der Waals surface area contributed by atoms with Crippen LogP contribution in [0.2, 0.25) is 0 Å². The number of nitrogens with one attached hydrogen (secondary N) is 1. The zero-order chi connectivity index (χ0) is 10.1. The highest BCUT2D eigenvalue weighted by molar-refractivity contribution is 5.36. The summed E-state index contributed by atoms with van der Waals surface area (Å²) in [5.41, 5.74) is 1.75. The molecule has 1 N–H and O–H groups in total.